The standard InChI is InChI=1S/C43H45N7O7Si/c1-27-41(58(2,3)56)39(18-19-48-25-37(46-47-48)34(26-51)29-11-5-4-6-12-29)57-43(27)35-22-32(50(54)55)16-17-38(35)49(42(43)53)24-28-10-9-13-31(20-28)45-40(52)21-30-23-44-36-15-8-7-14-33(30)36/h4-17,20,22-23,25,27,34,39,41,44,51,56H,18-19,21,24,26H2,1-3H3,(H,45,52)/t27-,34?,39+,41-,43+/m0/s1. The fraction of sp³-hybridized carbons (Fsp3) is 0.302. The molecule has 4 N–H and O–H groups in total. The first-order chi connectivity index (χ1) is 27.9. The van der Waals surface area contributed by atoms with Crippen molar-refractivity contribution in [3.63, 3.8) is 0 Å². The summed E-state index contributed by atoms with van der Waals surface area (Å²) in [5, 5.41) is 35.0. The molecule has 58 heavy (non-hydrogen) atoms. The SMILES string of the molecule is C[C@H]1[C@H]([Si](C)(C)O)[C@@H](CCn2cc(C(CO)c3ccccc3)nn2)O[C@]12C(=O)N(Cc1cccc(NC(=O)Cc3c[nH]c4ccccc34)c1)c1ccc([N+](=O)[O-])cc12. The number of benzene rings is 4. The van der Waals surface area contributed by atoms with E-state index in [2.05, 4.69) is 20.6 Å². The molecule has 2 aliphatic heterocycles. The van der Waals surface area contributed by atoms with Crippen LogP contribution in [-0.2, 0) is 39.4 Å². The molecule has 2 aromatic heterocycles. The van der Waals surface area contributed by atoms with E-state index in [4.69, 9.17) is 4.74 Å². The summed E-state index contributed by atoms with van der Waals surface area (Å²) in [4.78, 5) is 56.4. The van der Waals surface area contributed by atoms with Crippen LogP contribution in [0.3, 0.4) is 0 Å². The number of aryl methyl sites for hydroxylation is 1. The number of aromatic amines is 1. The number of hydrogen-bond donors (Lipinski definition) is 4. The van der Waals surface area contributed by atoms with Crippen molar-refractivity contribution in [2.24, 2.45) is 5.92 Å². The molecule has 2 amide bonds. The largest absolute Gasteiger partial charge is 0.432 e. The van der Waals surface area contributed by atoms with Crippen molar-refractivity contribution in [3.8, 4) is 0 Å². The van der Waals surface area contributed by atoms with Gasteiger partial charge in [0.25, 0.3) is 11.6 Å². The van der Waals surface area contributed by atoms with Crippen LogP contribution < -0.4 is 10.2 Å². The number of aliphatic hydroxyl groups is 1. The summed E-state index contributed by atoms with van der Waals surface area (Å²) >= 11 is 0. The van der Waals surface area contributed by atoms with E-state index in [1.807, 2.05) is 99.0 Å². The Hall–Kier alpha value is -6.00. The molecule has 0 aliphatic carbocycles. The van der Waals surface area contributed by atoms with Crippen LogP contribution in [0.2, 0.25) is 18.6 Å². The third kappa shape index (κ3) is 7.10. The second-order valence-electron chi connectivity index (χ2n) is 15.8. The van der Waals surface area contributed by atoms with Crippen molar-refractivity contribution in [3.05, 3.63) is 148 Å². The van der Waals surface area contributed by atoms with Crippen LogP contribution in [-0.4, -0.2) is 67.6 Å². The van der Waals surface area contributed by atoms with Crippen molar-refractivity contribution in [2.45, 2.75) is 69.1 Å². The number of nitro groups is 1. The minimum Gasteiger partial charge on any atom is -0.432 e. The number of non-ortho nitro benzene ring substituents is 1. The second kappa shape index (κ2) is 15.4. The molecule has 1 unspecified atom stereocenters. The van der Waals surface area contributed by atoms with Crippen molar-refractivity contribution in [2.75, 3.05) is 16.8 Å². The number of rotatable bonds is 13. The van der Waals surface area contributed by atoms with Gasteiger partial charge >= 0.3 is 0 Å². The fourth-order valence-corrected chi connectivity index (χ4v) is 11.7. The monoisotopic (exact) mass is 799 g/mol. The molecule has 1 fully saturated rings. The Morgan fingerprint density at radius 2 is 1.84 bits per heavy atom. The lowest BCUT2D eigenvalue weighted by Crippen LogP contribution is -2.46. The number of amides is 2. The third-order valence-corrected chi connectivity index (χ3v) is 14.2. The highest BCUT2D eigenvalue weighted by Gasteiger charge is 2.66. The number of carbonyl (C=O) groups excluding carboxylic acids is 2. The number of anilines is 2. The topological polar surface area (TPSA) is 189 Å². The van der Waals surface area contributed by atoms with E-state index in [0.29, 0.717) is 35.6 Å². The van der Waals surface area contributed by atoms with Gasteiger partial charge in [-0.05, 0) is 60.5 Å². The van der Waals surface area contributed by atoms with Crippen molar-refractivity contribution in [1.82, 2.24) is 20.0 Å². The van der Waals surface area contributed by atoms with E-state index < -0.39 is 36.4 Å². The van der Waals surface area contributed by atoms with Gasteiger partial charge in [-0.2, -0.15) is 0 Å². The number of aromatic nitrogens is 4. The Morgan fingerprint density at radius 3 is 2.60 bits per heavy atom. The number of carbonyl (C=O) groups is 2. The summed E-state index contributed by atoms with van der Waals surface area (Å²) < 4.78 is 8.60. The van der Waals surface area contributed by atoms with Gasteiger partial charge in [-0.25, -0.2) is 0 Å². The molecule has 1 spiro atoms. The van der Waals surface area contributed by atoms with E-state index >= 15 is 4.79 Å². The third-order valence-electron chi connectivity index (χ3n) is 11.7. The minimum absolute atomic E-state index is 0.109. The highest BCUT2D eigenvalue weighted by Crippen LogP contribution is 2.60. The van der Waals surface area contributed by atoms with Gasteiger partial charge in [-0.3, -0.25) is 24.4 Å². The number of hydrogen-bond acceptors (Lipinski definition) is 9. The lowest BCUT2D eigenvalue weighted by Gasteiger charge is -2.32. The molecule has 8 rings (SSSR count). The van der Waals surface area contributed by atoms with E-state index in [1.54, 1.807) is 27.9 Å². The van der Waals surface area contributed by atoms with Gasteiger partial charge in [0.2, 0.25) is 5.91 Å². The summed E-state index contributed by atoms with van der Waals surface area (Å²) in [5.41, 5.74) is 3.35. The molecular formula is C43H45N7O7Si. The average molecular weight is 800 g/mol. The van der Waals surface area contributed by atoms with E-state index in [-0.39, 0.29) is 43.0 Å². The maximum absolute atomic E-state index is 15.0. The van der Waals surface area contributed by atoms with Crippen LogP contribution in [0.5, 0.6) is 0 Å². The molecule has 0 radical (unpaired) electrons. The van der Waals surface area contributed by atoms with Crippen LogP contribution in [0.25, 0.3) is 10.9 Å². The normalized spacial score (nSPS) is 20.8. The summed E-state index contributed by atoms with van der Waals surface area (Å²) in [6, 6.07) is 29.0. The van der Waals surface area contributed by atoms with Crippen LogP contribution in [0.15, 0.2) is 109 Å². The summed E-state index contributed by atoms with van der Waals surface area (Å²) in [5.74, 6) is -1.45. The average Bonchev–Trinajstić information content (AvgIpc) is 3.96. The highest BCUT2D eigenvalue weighted by molar-refractivity contribution is 6.71. The maximum atomic E-state index is 15.0. The molecule has 15 heteroatoms. The Morgan fingerprint density at radius 1 is 1.07 bits per heavy atom. The number of nitrogens with one attached hydrogen (secondary N) is 2. The summed E-state index contributed by atoms with van der Waals surface area (Å²) in [6.07, 6.45) is 3.58. The van der Waals surface area contributed by atoms with Gasteiger partial charge < -0.3 is 29.8 Å². The molecule has 2 aliphatic rings. The lowest BCUT2D eigenvalue weighted by molar-refractivity contribution is -0.385. The first-order valence-corrected chi connectivity index (χ1v) is 22.4. The number of H-pyrrole nitrogens is 1. The molecule has 4 aromatic carbocycles. The van der Waals surface area contributed by atoms with Crippen molar-refractivity contribution < 1.29 is 29.2 Å². The Bertz CT molecular complexity index is 2500. The number of nitro benzene ring substituents is 1. The lowest BCUT2D eigenvalue weighted by atomic mass is 9.82. The number of nitrogens with zero attached hydrogens (tertiary/aromatic N) is 5. The zero-order valence-corrected chi connectivity index (χ0v) is 33.4. The molecule has 0 bridgehead atoms. The maximum Gasteiger partial charge on any atom is 0.269 e. The quantitative estimate of drug-likeness (QED) is 0.0582. The number of aliphatic hydroxyl groups excluding tert-OH is 1. The smallest absolute Gasteiger partial charge is 0.269 e. The van der Waals surface area contributed by atoms with Gasteiger partial charge in [-0.15, -0.1) is 5.10 Å². The predicted molar refractivity (Wildman–Crippen MR) is 221 cm³/mol. The molecule has 1 saturated heterocycles. The van der Waals surface area contributed by atoms with E-state index in [1.165, 1.54) is 12.1 Å². The zero-order valence-electron chi connectivity index (χ0n) is 32.4. The molecular weight excluding hydrogens is 755 g/mol. The Labute approximate surface area is 335 Å². The van der Waals surface area contributed by atoms with Gasteiger partial charge in [-0.1, -0.05) is 72.8 Å². The summed E-state index contributed by atoms with van der Waals surface area (Å²) in [6.45, 7) is 5.86. The number of fused-ring (bicyclic) bond motifs is 3. The molecule has 14 nitrogen and oxygen atoms in total. The summed E-state index contributed by atoms with van der Waals surface area (Å²) in [7, 11) is -3.04. The Kier molecular flexibility index (Phi) is 10.3. The molecule has 4 heterocycles. The van der Waals surface area contributed by atoms with Crippen molar-refractivity contribution >= 4 is 48.1 Å². The van der Waals surface area contributed by atoms with Gasteiger partial charge in [0.1, 0.15) is 0 Å². The van der Waals surface area contributed by atoms with Gasteiger partial charge in [0.05, 0.1) is 47.9 Å². The molecule has 5 atom stereocenters. The number of ether oxygens (including phenoxy) is 1. The highest BCUT2D eigenvalue weighted by atomic mass is 28.4. The van der Waals surface area contributed by atoms with Crippen molar-refractivity contribution in [1.29, 1.82) is 0 Å². The van der Waals surface area contributed by atoms with E-state index in [9.17, 15) is 24.8 Å². The second-order valence-corrected chi connectivity index (χ2v) is 19.8. The predicted octanol–water partition coefficient (Wildman–Crippen LogP) is 6.41. The number of para-hydroxylation sites is 1. The Balaban J connectivity index is 1.05. The van der Waals surface area contributed by atoms with Crippen LogP contribution in [0.1, 0.15) is 47.2 Å². The zero-order chi connectivity index (χ0) is 40.8. The van der Waals surface area contributed by atoms with Gasteiger partial charge in [0, 0.05) is 64.7 Å². The van der Waals surface area contributed by atoms with Crippen LogP contribution in [0, 0.1) is 16.0 Å². The molecule has 0 saturated carbocycles. The minimum atomic E-state index is -3.04. The first-order valence-electron chi connectivity index (χ1n) is 19.4. The van der Waals surface area contributed by atoms with E-state index in [0.717, 1.165) is 27.6 Å². The fourth-order valence-electron chi connectivity index (χ4n) is 9.09. The van der Waals surface area contributed by atoms with Crippen LogP contribution >= 0.6 is 0 Å². The molecule has 6 aromatic rings. The first kappa shape index (κ1) is 38.9. The molecule has 298 valence electrons. The van der Waals surface area contributed by atoms with Crippen LogP contribution in [0.4, 0.5) is 17.1 Å². The van der Waals surface area contributed by atoms with Gasteiger partial charge in [0.15, 0.2) is 13.9 Å².